The Labute approximate surface area is 439 Å². The number of amides is 9. The number of carbonyl (C=O) groups excluding carboxylic acids is 9. The second-order valence-corrected chi connectivity index (χ2v) is 19.4. The number of phenolic OH excluding ortho intramolecular Hbond substituents is 1. The average molecular weight is 1080 g/mol. The SMILES string of the molecule is CC(C)C[C@H](NC(=O)[C@@H](N)Cc1ccc(O)cc1)C(=O)N[C@@H](C)C(=O)N[C@@H](CCC(=O)O)C(=O)N[C@@H](CCC(=O)O)C(=O)N[C@@H](C)C(=O)N[C@@H](CO)C(=O)N[C@H](C(=O)N[C@H](C(=O)N[C@H](C(=O)O)C(C)C)[C@@H](C)O)C(C)C. The van der Waals surface area contributed by atoms with Crippen LogP contribution in [0.5, 0.6) is 5.75 Å². The summed E-state index contributed by atoms with van der Waals surface area (Å²) in [6, 6.07) is -9.11. The van der Waals surface area contributed by atoms with E-state index in [1.807, 2.05) is 0 Å². The van der Waals surface area contributed by atoms with Crippen LogP contribution >= 0.6 is 0 Å². The van der Waals surface area contributed by atoms with Gasteiger partial charge in [-0.25, -0.2) is 4.79 Å². The molecule has 0 spiro atoms. The molecule has 0 aliphatic heterocycles. The van der Waals surface area contributed by atoms with Crippen molar-refractivity contribution in [3.05, 3.63) is 29.8 Å². The third-order valence-electron chi connectivity index (χ3n) is 11.5. The van der Waals surface area contributed by atoms with Crippen molar-refractivity contribution >= 4 is 71.1 Å². The summed E-state index contributed by atoms with van der Waals surface area (Å²) in [5.41, 5.74) is 6.72. The Morgan fingerprint density at radius 3 is 1.28 bits per heavy atom. The van der Waals surface area contributed by atoms with Crippen molar-refractivity contribution in [3.63, 3.8) is 0 Å². The summed E-state index contributed by atoms with van der Waals surface area (Å²) < 4.78 is 0. The summed E-state index contributed by atoms with van der Waals surface area (Å²) in [4.78, 5) is 155. The molecule has 0 saturated carbocycles. The Kier molecular flexibility index (Phi) is 28.1. The van der Waals surface area contributed by atoms with E-state index in [9.17, 15) is 88.2 Å². The Morgan fingerprint density at radius 2 is 0.855 bits per heavy atom. The topological polar surface area (TPSA) is 461 Å². The van der Waals surface area contributed by atoms with E-state index in [-0.39, 0.29) is 24.5 Å². The molecule has 0 aliphatic carbocycles. The van der Waals surface area contributed by atoms with Gasteiger partial charge in [0, 0.05) is 12.8 Å². The highest BCUT2D eigenvalue weighted by Gasteiger charge is 2.37. The van der Waals surface area contributed by atoms with Crippen molar-refractivity contribution in [1.82, 2.24) is 47.9 Å². The van der Waals surface area contributed by atoms with Crippen LogP contribution in [-0.2, 0) is 64.0 Å². The maximum atomic E-state index is 13.7. The fourth-order valence-electron chi connectivity index (χ4n) is 7.05. The number of carboxylic acid groups (broad SMARTS) is 3. The number of carbonyl (C=O) groups is 12. The first-order valence-electron chi connectivity index (χ1n) is 24.5. The summed E-state index contributed by atoms with van der Waals surface area (Å²) in [5, 5.41) is 79.1. The lowest BCUT2D eigenvalue weighted by molar-refractivity contribution is -0.144. The number of aromatic hydroxyl groups is 1. The zero-order valence-corrected chi connectivity index (χ0v) is 44.0. The first-order valence-corrected chi connectivity index (χ1v) is 24.5. The van der Waals surface area contributed by atoms with Crippen LogP contribution in [0.15, 0.2) is 24.3 Å². The van der Waals surface area contributed by atoms with Gasteiger partial charge in [-0.1, -0.05) is 53.7 Å². The van der Waals surface area contributed by atoms with E-state index in [4.69, 9.17) is 5.73 Å². The highest BCUT2D eigenvalue weighted by molar-refractivity contribution is 5.98. The molecule has 0 aliphatic rings. The van der Waals surface area contributed by atoms with Gasteiger partial charge in [0.05, 0.1) is 18.8 Å². The Morgan fingerprint density at radius 1 is 0.474 bits per heavy atom. The zero-order valence-electron chi connectivity index (χ0n) is 44.0. The summed E-state index contributed by atoms with van der Waals surface area (Å²) in [6.45, 7) is 12.0. The molecule has 426 valence electrons. The third kappa shape index (κ3) is 23.4. The number of hydrogen-bond donors (Lipinski definition) is 16. The summed E-state index contributed by atoms with van der Waals surface area (Å²) in [6.07, 6.45) is -4.00. The van der Waals surface area contributed by atoms with Gasteiger partial charge < -0.3 is 84.2 Å². The lowest BCUT2D eigenvalue weighted by Crippen LogP contribution is -2.62. The van der Waals surface area contributed by atoms with Gasteiger partial charge in [0.25, 0.3) is 0 Å². The van der Waals surface area contributed by atoms with Crippen molar-refractivity contribution in [2.75, 3.05) is 6.61 Å². The highest BCUT2D eigenvalue weighted by Crippen LogP contribution is 2.13. The van der Waals surface area contributed by atoms with Crippen LogP contribution in [0.25, 0.3) is 0 Å². The number of nitrogens with two attached hydrogens (primary N) is 1. The van der Waals surface area contributed by atoms with Gasteiger partial charge in [-0.3, -0.25) is 52.7 Å². The van der Waals surface area contributed by atoms with E-state index in [0.717, 1.165) is 13.8 Å². The van der Waals surface area contributed by atoms with E-state index < -0.39 is 182 Å². The molecule has 0 bridgehead atoms. The average Bonchev–Trinajstić information content (AvgIpc) is 3.32. The van der Waals surface area contributed by atoms with E-state index in [2.05, 4.69) is 47.9 Å². The second-order valence-electron chi connectivity index (χ2n) is 19.4. The number of aliphatic hydroxyl groups excluding tert-OH is 2. The first kappa shape index (κ1) is 66.6. The van der Waals surface area contributed by atoms with E-state index in [0.29, 0.717) is 5.56 Å². The van der Waals surface area contributed by atoms with Gasteiger partial charge >= 0.3 is 17.9 Å². The molecule has 28 nitrogen and oxygen atoms in total. The quantitative estimate of drug-likeness (QED) is 0.0321. The van der Waals surface area contributed by atoms with Crippen molar-refractivity contribution in [1.29, 1.82) is 0 Å². The molecule has 1 aromatic carbocycles. The summed E-state index contributed by atoms with van der Waals surface area (Å²) >= 11 is 0. The number of aliphatic carboxylic acids is 3. The molecular formula is C48H76N10O18. The number of nitrogens with one attached hydrogen (secondary N) is 9. The van der Waals surface area contributed by atoms with Gasteiger partial charge in [-0.2, -0.15) is 0 Å². The number of rotatable bonds is 33. The van der Waals surface area contributed by atoms with Gasteiger partial charge in [0.2, 0.25) is 53.2 Å². The van der Waals surface area contributed by atoms with Crippen LogP contribution in [0.3, 0.4) is 0 Å². The lowest BCUT2D eigenvalue weighted by Gasteiger charge is -2.29. The van der Waals surface area contributed by atoms with Crippen LogP contribution in [0.4, 0.5) is 0 Å². The van der Waals surface area contributed by atoms with E-state index >= 15 is 0 Å². The molecule has 9 amide bonds. The van der Waals surface area contributed by atoms with Crippen molar-refractivity contribution in [2.45, 2.75) is 167 Å². The van der Waals surface area contributed by atoms with Crippen LogP contribution < -0.4 is 53.6 Å². The van der Waals surface area contributed by atoms with E-state index in [1.165, 1.54) is 46.8 Å². The zero-order chi connectivity index (χ0) is 58.3. The molecule has 0 heterocycles. The fourth-order valence-corrected chi connectivity index (χ4v) is 7.05. The monoisotopic (exact) mass is 1080 g/mol. The molecular weight excluding hydrogens is 1000 g/mol. The molecule has 28 heteroatoms. The Balaban J connectivity index is 3.18. The number of benzene rings is 1. The molecule has 0 unspecified atom stereocenters. The molecule has 1 aromatic rings. The Bertz CT molecular complexity index is 2210. The molecule has 0 saturated heterocycles. The standard InChI is InChI=1S/C48H76N10O18/c1-21(2)18-32(54-41(68)29(49)19-27-10-12-28(61)13-11-27)44(71)51-24(7)39(66)52-31(15-17-35(64)65)43(70)53-30(14-16-34(62)63)42(69)50-25(8)40(67)55-33(20-59)45(72)56-36(22(3)4)46(73)58-38(26(9)60)47(74)57-37(23(5)6)48(75)76/h10-13,21-26,29-33,36-38,59-61H,14-20,49H2,1-9H3,(H,50,69)(H,51,71)(H,52,66)(H,53,70)(H,54,68)(H,55,67)(H,56,72)(H,57,74)(H,58,73)(H,62,63)(H,64,65)(H,75,76)/t24-,25-,26+,29-,30-,31-,32-,33-,36-,37-,38-/m0/s1. The van der Waals surface area contributed by atoms with Gasteiger partial charge in [0.1, 0.15) is 60.1 Å². The second kappa shape index (κ2) is 32.1. The molecule has 17 N–H and O–H groups in total. The minimum atomic E-state index is -1.78. The first-order chi connectivity index (χ1) is 35.3. The van der Waals surface area contributed by atoms with Gasteiger partial charge in [-0.05, 0) is 81.9 Å². The third-order valence-corrected chi connectivity index (χ3v) is 11.5. The normalized spacial score (nSPS) is 15.6. The van der Waals surface area contributed by atoms with Gasteiger partial charge in [0.15, 0.2) is 0 Å². The van der Waals surface area contributed by atoms with Crippen LogP contribution in [-0.4, -0.2) is 175 Å². The molecule has 0 fully saturated rings. The fraction of sp³-hybridized carbons (Fsp3) is 0.625. The van der Waals surface area contributed by atoms with Crippen LogP contribution in [0.1, 0.15) is 100.0 Å². The van der Waals surface area contributed by atoms with Gasteiger partial charge in [-0.15, -0.1) is 0 Å². The molecule has 11 atom stereocenters. The minimum absolute atomic E-state index is 0.00626. The smallest absolute Gasteiger partial charge is 0.326 e. The van der Waals surface area contributed by atoms with Crippen molar-refractivity contribution in [3.8, 4) is 5.75 Å². The maximum Gasteiger partial charge on any atom is 0.326 e. The number of hydrogen-bond acceptors (Lipinski definition) is 16. The summed E-state index contributed by atoms with van der Waals surface area (Å²) in [5.74, 6) is -14.8. The molecule has 1 rings (SSSR count). The predicted molar refractivity (Wildman–Crippen MR) is 268 cm³/mol. The van der Waals surface area contributed by atoms with Crippen molar-refractivity contribution < 1.29 is 88.2 Å². The largest absolute Gasteiger partial charge is 0.508 e. The van der Waals surface area contributed by atoms with Crippen LogP contribution in [0, 0.1) is 17.8 Å². The molecule has 0 aromatic heterocycles. The Hall–Kier alpha value is -7.46. The number of phenols is 1. The summed E-state index contributed by atoms with van der Waals surface area (Å²) in [7, 11) is 0. The van der Waals surface area contributed by atoms with Crippen LogP contribution in [0.2, 0.25) is 0 Å². The van der Waals surface area contributed by atoms with Crippen molar-refractivity contribution in [2.24, 2.45) is 23.5 Å². The lowest BCUT2D eigenvalue weighted by atomic mass is 10.0. The number of carboxylic acids is 3. The highest BCUT2D eigenvalue weighted by atomic mass is 16.4. The molecule has 76 heavy (non-hydrogen) atoms. The molecule has 0 radical (unpaired) electrons. The maximum absolute atomic E-state index is 13.7. The predicted octanol–water partition coefficient (Wildman–Crippen LogP) is -3.79. The minimum Gasteiger partial charge on any atom is -0.508 e. The van der Waals surface area contributed by atoms with E-state index in [1.54, 1.807) is 26.0 Å². The number of aliphatic hydroxyl groups is 2.